The molecule has 0 aliphatic rings. The molecule has 1 aromatic heterocycles. The number of nitrogens with one attached hydrogen (secondary N) is 2. The van der Waals surface area contributed by atoms with Crippen molar-refractivity contribution >= 4 is 54.5 Å². The Morgan fingerprint density at radius 3 is 2.55 bits per heavy atom. The highest BCUT2D eigenvalue weighted by Gasteiger charge is 2.14. The van der Waals surface area contributed by atoms with E-state index in [4.69, 9.17) is 11.6 Å². The van der Waals surface area contributed by atoms with E-state index in [2.05, 4.69) is 41.8 Å². The van der Waals surface area contributed by atoms with Crippen molar-refractivity contribution in [2.75, 3.05) is 0 Å². The van der Waals surface area contributed by atoms with Crippen LogP contribution in [0.25, 0.3) is 11.0 Å². The van der Waals surface area contributed by atoms with Gasteiger partial charge in [0.1, 0.15) is 0 Å². The Labute approximate surface area is 136 Å². The maximum absolute atomic E-state index is 11.3. The van der Waals surface area contributed by atoms with Crippen molar-refractivity contribution in [2.24, 2.45) is 0 Å². The second-order valence-corrected chi connectivity index (χ2v) is 6.62. The van der Waals surface area contributed by atoms with Crippen LogP contribution in [-0.2, 0) is 0 Å². The summed E-state index contributed by atoms with van der Waals surface area (Å²) in [5, 5.41) is 0.686. The van der Waals surface area contributed by atoms with Crippen LogP contribution in [0.2, 0.25) is 5.02 Å². The average Bonchev–Trinajstić information content (AvgIpc) is 2.77. The summed E-state index contributed by atoms with van der Waals surface area (Å²) >= 11 is 13.2. The van der Waals surface area contributed by atoms with E-state index in [1.54, 1.807) is 0 Å². The minimum Gasteiger partial charge on any atom is -0.306 e. The van der Waals surface area contributed by atoms with Crippen molar-refractivity contribution in [3.8, 4) is 0 Å². The lowest BCUT2D eigenvalue weighted by atomic mass is 10.0. The summed E-state index contributed by atoms with van der Waals surface area (Å²) in [7, 11) is 0. The van der Waals surface area contributed by atoms with E-state index >= 15 is 0 Å². The summed E-state index contributed by atoms with van der Waals surface area (Å²) in [6.45, 7) is 0. The van der Waals surface area contributed by atoms with Crippen LogP contribution in [0, 0.1) is 0 Å². The number of imidazole rings is 1. The Morgan fingerprint density at radius 2 is 1.80 bits per heavy atom. The number of aromatic nitrogens is 2. The Bertz CT molecular complexity index is 841. The van der Waals surface area contributed by atoms with Crippen molar-refractivity contribution in [1.29, 1.82) is 0 Å². The van der Waals surface area contributed by atoms with Gasteiger partial charge in [0.25, 0.3) is 0 Å². The van der Waals surface area contributed by atoms with E-state index in [1.165, 1.54) is 0 Å². The van der Waals surface area contributed by atoms with Crippen molar-refractivity contribution < 1.29 is 0 Å². The largest absolute Gasteiger partial charge is 0.323 e. The number of rotatable bonds is 2. The quantitative estimate of drug-likeness (QED) is 0.582. The Balaban J connectivity index is 2.06. The van der Waals surface area contributed by atoms with Gasteiger partial charge < -0.3 is 9.97 Å². The first-order chi connectivity index (χ1) is 9.54. The Hall–Kier alpha value is -1.04. The van der Waals surface area contributed by atoms with Crippen LogP contribution in [-0.4, -0.2) is 9.97 Å². The molecule has 0 aliphatic heterocycles. The minimum absolute atomic E-state index is 0.0111. The smallest absolute Gasteiger partial charge is 0.306 e. The molecule has 0 saturated carbocycles. The van der Waals surface area contributed by atoms with E-state index in [0.29, 0.717) is 5.02 Å². The zero-order valence-corrected chi connectivity index (χ0v) is 14.0. The maximum Gasteiger partial charge on any atom is 0.323 e. The Morgan fingerprint density at radius 1 is 1.05 bits per heavy atom. The van der Waals surface area contributed by atoms with Gasteiger partial charge in [-0.15, -0.1) is 0 Å². The van der Waals surface area contributed by atoms with Crippen LogP contribution in [0.3, 0.4) is 0 Å². The molecule has 0 bridgehead atoms. The standard InChI is InChI=1S/C14H9Br2ClN2O/c15-10-6-8(17)2-3-9(10)13(16)7-1-4-11-12(5-7)19-14(20)18-11/h1-6,13H,(H2,18,19,20). The third-order valence-electron chi connectivity index (χ3n) is 3.07. The number of H-pyrrole nitrogens is 2. The molecule has 3 rings (SSSR count). The maximum atomic E-state index is 11.3. The molecule has 1 heterocycles. The molecule has 0 fully saturated rings. The van der Waals surface area contributed by atoms with Gasteiger partial charge in [0.05, 0.1) is 15.9 Å². The third-order valence-corrected chi connectivity index (χ3v) is 5.01. The zero-order valence-electron chi connectivity index (χ0n) is 10.1. The summed E-state index contributed by atoms with van der Waals surface area (Å²) in [5.74, 6) is 0. The molecule has 20 heavy (non-hydrogen) atoms. The summed E-state index contributed by atoms with van der Waals surface area (Å²) < 4.78 is 0.939. The average molecular weight is 416 g/mol. The van der Waals surface area contributed by atoms with Gasteiger partial charge in [-0.3, -0.25) is 0 Å². The summed E-state index contributed by atoms with van der Waals surface area (Å²) in [4.78, 5) is 16.8. The lowest BCUT2D eigenvalue weighted by molar-refractivity contribution is 1.17. The highest BCUT2D eigenvalue weighted by atomic mass is 79.9. The van der Waals surface area contributed by atoms with Crippen molar-refractivity contribution in [2.45, 2.75) is 4.83 Å². The number of fused-ring (bicyclic) bond motifs is 1. The lowest BCUT2D eigenvalue weighted by Crippen LogP contribution is -1.99. The van der Waals surface area contributed by atoms with E-state index in [9.17, 15) is 4.79 Å². The molecule has 0 spiro atoms. The second kappa shape index (κ2) is 5.39. The molecule has 3 nitrogen and oxygen atoms in total. The van der Waals surface area contributed by atoms with Gasteiger partial charge in [0, 0.05) is 9.50 Å². The summed E-state index contributed by atoms with van der Waals surface area (Å²) in [5.41, 5.74) is 3.52. The van der Waals surface area contributed by atoms with Crippen LogP contribution >= 0.6 is 43.5 Å². The van der Waals surface area contributed by atoms with Crippen LogP contribution in [0.15, 0.2) is 45.7 Å². The van der Waals surface area contributed by atoms with Gasteiger partial charge in [-0.25, -0.2) is 4.79 Å². The predicted molar refractivity (Wildman–Crippen MR) is 88.8 cm³/mol. The number of aromatic amines is 2. The number of hydrogen-bond acceptors (Lipinski definition) is 1. The fourth-order valence-electron chi connectivity index (χ4n) is 2.09. The minimum atomic E-state index is -0.198. The molecule has 0 saturated heterocycles. The molecule has 3 aromatic rings. The van der Waals surface area contributed by atoms with E-state index < -0.39 is 0 Å². The van der Waals surface area contributed by atoms with E-state index in [0.717, 1.165) is 26.6 Å². The van der Waals surface area contributed by atoms with Crippen molar-refractivity contribution in [3.05, 3.63) is 67.5 Å². The lowest BCUT2D eigenvalue weighted by Gasteiger charge is -2.13. The van der Waals surface area contributed by atoms with Gasteiger partial charge in [-0.2, -0.15) is 0 Å². The molecule has 0 radical (unpaired) electrons. The molecule has 6 heteroatoms. The molecule has 1 unspecified atom stereocenters. The predicted octanol–water partition coefficient (Wildman–Crippen LogP) is 4.76. The number of alkyl halides is 1. The highest BCUT2D eigenvalue weighted by molar-refractivity contribution is 9.11. The van der Waals surface area contributed by atoms with Crippen molar-refractivity contribution in [3.63, 3.8) is 0 Å². The van der Waals surface area contributed by atoms with Crippen molar-refractivity contribution in [1.82, 2.24) is 9.97 Å². The molecule has 2 aromatic carbocycles. The SMILES string of the molecule is O=c1[nH]c2ccc(C(Br)c3ccc(Cl)cc3Br)cc2[nH]1. The van der Waals surface area contributed by atoms with Gasteiger partial charge in [-0.1, -0.05) is 55.6 Å². The normalized spacial score (nSPS) is 12.8. The molecule has 1 atom stereocenters. The fourth-order valence-corrected chi connectivity index (χ4v) is 4.00. The molecule has 2 N–H and O–H groups in total. The first-order valence-corrected chi connectivity index (χ1v) is 7.94. The number of benzene rings is 2. The van der Waals surface area contributed by atoms with Gasteiger partial charge >= 0.3 is 5.69 Å². The summed E-state index contributed by atoms with van der Waals surface area (Å²) in [6, 6.07) is 11.5. The number of halogens is 3. The van der Waals surface area contributed by atoms with E-state index in [1.807, 2.05) is 36.4 Å². The molecular weight excluding hydrogens is 407 g/mol. The molecule has 0 amide bonds. The summed E-state index contributed by atoms with van der Waals surface area (Å²) in [6.07, 6.45) is 0. The highest BCUT2D eigenvalue weighted by Crippen LogP contribution is 2.37. The topological polar surface area (TPSA) is 48.6 Å². The van der Waals surface area contributed by atoms with Crippen LogP contribution in [0.1, 0.15) is 16.0 Å². The van der Waals surface area contributed by atoms with Crippen LogP contribution < -0.4 is 5.69 Å². The Kier molecular flexibility index (Phi) is 3.75. The van der Waals surface area contributed by atoms with Gasteiger partial charge in [0.15, 0.2) is 0 Å². The zero-order chi connectivity index (χ0) is 14.3. The monoisotopic (exact) mass is 414 g/mol. The first-order valence-electron chi connectivity index (χ1n) is 5.85. The van der Waals surface area contributed by atoms with Crippen LogP contribution in [0.4, 0.5) is 0 Å². The second-order valence-electron chi connectivity index (χ2n) is 4.41. The molecule has 102 valence electrons. The van der Waals surface area contributed by atoms with Crippen LogP contribution in [0.5, 0.6) is 0 Å². The molecule has 0 aliphatic carbocycles. The van der Waals surface area contributed by atoms with Gasteiger partial charge in [-0.05, 0) is 35.4 Å². The van der Waals surface area contributed by atoms with E-state index in [-0.39, 0.29) is 10.5 Å². The fraction of sp³-hybridized carbons (Fsp3) is 0.0714. The third kappa shape index (κ3) is 2.57. The molecular formula is C14H9Br2ClN2O. The van der Waals surface area contributed by atoms with Gasteiger partial charge in [0.2, 0.25) is 0 Å². The first kappa shape index (κ1) is 13.9. The number of hydrogen-bond donors (Lipinski definition) is 2.